The van der Waals surface area contributed by atoms with E-state index in [0.29, 0.717) is 6.61 Å². The molecule has 1 saturated carbocycles. The molecule has 0 bridgehead atoms. The predicted molar refractivity (Wildman–Crippen MR) is 74.1 cm³/mol. The second-order valence-electron chi connectivity index (χ2n) is 5.82. The molecule has 2 aliphatic rings. The first-order valence-corrected chi connectivity index (χ1v) is 9.13. The Labute approximate surface area is 111 Å². The smallest absolute Gasteiger partial charge is 0.307 e. The summed E-state index contributed by atoms with van der Waals surface area (Å²) >= 11 is 0. The molecule has 106 valence electrons. The molecule has 18 heavy (non-hydrogen) atoms. The molecule has 1 saturated heterocycles. The van der Waals surface area contributed by atoms with Crippen LogP contribution in [0, 0.1) is 0 Å². The Morgan fingerprint density at radius 3 is 2.50 bits per heavy atom. The fourth-order valence-corrected chi connectivity index (χ4v) is 5.46. The van der Waals surface area contributed by atoms with Crippen LogP contribution in [0.25, 0.3) is 0 Å². The minimum absolute atomic E-state index is 0.166. The van der Waals surface area contributed by atoms with Crippen LogP contribution < -0.4 is 0 Å². The zero-order valence-electron chi connectivity index (χ0n) is 11.8. The van der Waals surface area contributed by atoms with Gasteiger partial charge in [-0.1, -0.05) is 46.0 Å². The van der Waals surface area contributed by atoms with E-state index in [1.807, 2.05) is 0 Å². The maximum atomic E-state index is 12.9. The second kappa shape index (κ2) is 6.07. The summed E-state index contributed by atoms with van der Waals surface area (Å²) in [6.07, 6.45) is 10.2. The highest BCUT2D eigenvalue weighted by Crippen LogP contribution is 2.72. The van der Waals surface area contributed by atoms with Crippen LogP contribution in [0.4, 0.5) is 0 Å². The lowest BCUT2D eigenvalue weighted by Gasteiger charge is -2.48. The molecule has 0 radical (unpaired) electrons. The van der Waals surface area contributed by atoms with Crippen molar-refractivity contribution in [3.8, 4) is 0 Å². The van der Waals surface area contributed by atoms with Gasteiger partial charge in [0.15, 0.2) is 0 Å². The van der Waals surface area contributed by atoms with E-state index in [1.165, 1.54) is 19.3 Å². The van der Waals surface area contributed by atoms with Crippen LogP contribution in [0.1, 0.15) is 71.6 Å². The van der Waals surface area contributed by atoms with Crippen LogP contribution in [-0.2, 0) is 13.6 Å². The monoisotopic (exact) mass is 274 g/mol. The van der Waals surface area contributed by atoms with Crippen molar-refractivity contribution < 1.29 is 13.6 Å². The van der Waals surface area contributed by atoms with Gasteiger partial charge in [-0.25, -0.2) is 0 Å². The van der Waals surface area contributed by atoms with Gasteiger partial charge >= 0.3 is 7.60 Å². The molecular weight excluding hydrogens is 247 g/mol. The highest BCUT2D eigenvalue weighted by molar-refractivity contribution is 7.57. The molecule has 1 aliphatic carbocycles. The average molecular weight is 274 g/mol. The number of unbranched alkanes of at least 4 members (excludes halogenated alkanes) is 1. The first-order chi connectivity index (χ1) is 8.66. The first-order valence-electron chi connectivity index (χ1n) is 7.59. The first kappa shape index (κ1) is 14.6. The maximum Gasteiger partial charge on any atom is 0.339 e. The molecule has 4 heteroatoms. The van der Waals surface area contributed by atoms with Crippen molar-refractivity contribution in [2.24, 2.45) is 0 Å². The number of hydrogen-bond donors (Lipinski definition) is 0. The van der Waals surface area contributed by atoms with Gasteiger partial charge in [0.05, 0.1) is 17.9 Å². The molecule has 0 N–H and O–H groups in total. The summed E-state index contributed by atoms with van der Waals surface area (Å²) in [6.45, 7) is 4.93. The van der Waals surface area contributed by atoms with E-state index in [9.17, 15) is 4.57 Å². The van der Waals surface area contributed by atoms with E-state index in [2.05, 4.69) is 13.8 Å². The molecule has 2 rings (SSSR count). The molecule has 0 aromatic rings. The Morgan fingerprint density at radius 1 is 1.28 bits per heavy atom. The van der Waals surface area contributed by atoms with Crippen molar-refractivity contribution in [3.05, 3.63) is 0 Å². The lowest BCUT2D eigenvalue weighted by Crippen LogP contribution is -2.45. The van der Waals surface area contributed by atoms with E-state index in [0.717, 1.165) is 38.5 Å². The van der Waals surface area contributed by atoms with Gasteiger partial charge in [0, 0.05) is 0 Å². The lowest BCUT2D eigenvalue weighted by molar-refractivity contribution is 0.0486. The Hall–Kier alpha value is 0.150. The van der Waals surface area contributed by atoms with E-state index < -0.39 is 7.60 Å². The third-order valence-electron chi connectivity index (χ3n) is 4.58. The van der Waals surface area contributed by atoms with Gasteiger partial charge < -0.3 is 9.05 Å². The van der Waals surface area contributed by atoms with Gasteiger partial charge in [-0.3, -0.25) is 4.57 Å². The van der Waals surface area contributed by atoms with E-state index >= 15 is 0 Å². The third-order valence-corrected chi connectivity index (χ3v) is 7.45. The Bertz CT molecular complexity index is 308. The van der Waals surface area contributed by atoms with Gasteiger partial charge in [-0.2, -0.15) is 0 Å². The second-order valence-corrected chi connectivity index (χ2v) is 8.23. The van der Waals surface area contributed by atoms with Crippen molar-refractivity contribution in [1.29, 1.82) is 0 Å². The number of rotatable bonds is 6. The molecular formula is C14H27O3P. The zero-order valence-corrected chi connectivity index (χ0v) is 12.7. The topological polar surface area (TPSA) is 35.5 Å². The van der Waals surface area contributed by atoms with Gasteiger partial charge in [0.25, 0.3) is 0 Å². The van der Waals surface area contributed by atoms with E-state index in [1.54, 1.807) is 0 Å². The summed E-state index contributed by atoms with van der Waals surface area (Å²) in [5.41, 5.74) is 0. The summed E-state index contributed by atoms with van der Waals surface area (Å²) in [6, 6.07) is 0. The summed E-state index contributed by atoms with van der Waals surface area (Å²) in [7, 11) is -2.83. The summed E-state index contributed by atoms with van der Waals surface area (Å²) < 4.78 is 24.3. The SMILES string of the molecule is CCCCC1(CC)COP1(=O)OC1CCCCC1. The molecule has 3 nitrogen and oxygen atoms in total. The molecule has 0 aromatic heterocycles. The summed E-state index contributed by atoms with van der Waals surface area (Å²) in [4.78, 5) is 0. The fraction of sp³-hybridized carbons (Fsp3) is 1.00. The predicted octanol–water partition coefficient (Wildman–Crippen LogP) is 4.90. The van der Waals surface area contributed by atoms with Crippen molar-refractivity contribution in [2.45, 2.75) is 82.9 Å². The van der Waals surface area contributed by atoms with Gasteiger partial charge in [-0.15, -0.1) is 0 Å². The van der Waals surface area contributed by atoms with Gasteiger partial charge in [0.1, 0.15) is 0 Å². The summed E-state index contributed by atoms with van der Waals surface area (Å²) in [5, 5.41) is -0.166. The van der Waals surface area contributed by atoms with Crippen LogP contribution >= 0.6 is 7.60 Å². The molecule has 1 aliphatic heterocycles. The van der Waals surface area contributed by atoms with Crippen LogP contribution in [0.15, 0.2) is 0 Å². The average Bonchev–Trinajstić information content (AvgIpc) is 2.40. The van der Waals surface area contributed by atoms with Crippen LogP contribution in [0.3, 0.4) is 0 Å². The largest absolute Gasteiger partial charge is 0.339 e. The summed E-state index contributed by atoms with van der Waals surface area (Å²) in [5.74, 6) is 0. The highest BCUT2D eigenvalue weighted by atomic mass is 31.2. The van der Waals surface area contributed by atoms with Crippen LogP contribution in [0.2, 0.25) is 0 Å². The fourth-order valence-electron chi connectivity index (χ4n) is 3.05. The van der Waals surface area contributed by atoms with Crippen LogP contribution in [-0.4, -0.2) is 17.9 Å². The zero-order chi connectivity index (χ0) is 13.1. The minimum Gasteiger partial charge on any atom is -0.307 e. The Morgan fingerprint density at radius 2 is 2.00 bits per heavy atom. The third kappa shape index (κ3) is 2.69. The highest BCUT2D eigenvalue weighted by Gasteiger charge is 2.59. The van der Waals surface area contributed by atoms with Crippen molar-refractivity contribution in [3.63, 3.8) is 0 Å². The van der Waals surface area contributed by atoms with Crippen molar-refractivity contribution in [2.75, 3.05) is 6.61 Å². The minimum atomic E-state index is -2.83. The van der Waals surface area contributed by atoms with Gasteiger partial charge in [0.2, 0.25) is 0 Å². The Balaban J connectivity index is 1.97. The Kier molecular flexibility index (Phi) is 4.91. The van der Waals surface area contributed by atoms with E-state index in [-0.39, 0.29) is 11.3 Å². The van der Waals surface area contributed by atoms with Crippen LogP contribution in [0.5, 0.6) is 0 Å². The molecule has 2 fully saturated rings. The molecule has 1 heterocycles. The molecule has 2 atom stereocenters. The van der Waals surface area contributed by atoms with Crippen molar-refractivity contribution in [1.82, 2.24) is 0 Å². The standard InChI is InChI=1S/C14H27O3P/c1-3-5-11-14(4-2)12-16-18(14,15)17-13-9-7-6-8-10-13/h13H,3-12H2,1-2H3. The number of hydrogen-bond acceptors (Lipinski definition) is 3. The lowest BCUT2D eigenvalue weighted by atomic mass is 9.98. The quantitative estimate of drug-likeness (QED) is 0.646. The molecule has 0 aromatic carbocycles. The molecule has 0 spiro atoms. The maximum absolute atomic E-state index is 12.9. The normalized spacial score (nSPS) is 37.4. The van der Waals surface area contributed by atoms with Gasteiger partial charge in [-0.05, 0) is 25.7 Å². The van der Waals surface area contributed by atoms with Crippen molar-refractivity contribution >= 4 is 7.60 Å². The molecule has 0 amide bonds. The molecule has 2 unspecified atom stereocenters. The van der Waals surface area contributed by atoms with E-state index in [4.69, 9.17) is 9.05 Å².